The summed E-state index contributed by atoms with van der Waals surface area (Å²) in [6, 6.07) is 6.41. The number of nitrogens with zero attached hydrogens (tertiary/aromatic N) is 4. The number of hydrogen-bond donors (Lipinski definition) is 3. The summed E-state index contributed by atoms with van der Waals surface area (Å²) in [5, 5.41) is 1.02. The van der Waals surface area contributed by atoms with Gasteiger partial charge in [-0.15, -0.1) is 0 Å². The quantitative estimate of drug-likeness (QED) is 0.552. The Morgan fingerprint density at radius 3 is 2.25 bits per heavy atom. The Bertz CT molecular complexity index is 758. The molecule has 0 amide bonds. The lowest BCUT2D eigenvalue weighted by molar-refractivity contribution is -0.0917. The maximum Gasteiger partial charge on any atom is 0.139 e. The number of anilines is 1. The van der Waals surface area contributed by atoms with Gasteiger partial charge in [0.15, 0.2) is 0 Å². The van der Waals surface area contributed by atoms with Gasteiger partial charge in [0, 0.05) is 24.3 Å². The highest BCUT2D eigenvalue weighted by Crippen LogP contribution is 2.35. The largest absolute Gasteiger partial charge is 0.315 e. The summed E-state index contributed by atoms with van der Waals surface area (Å²) in [5.41, 5.74) is 21.6. The van der Waals surface area contributed by atoms with E-state index in [1.807, 2.05) is 18.2 Å². The van der Waals surface area contributed by atoms with E-state index in [-0.39, 0.29) is 6.29 Å². The molecule has 3 aliphatic rings. The molecule has 0 aromatic heterocycles. The standard InChI is InChI=1S/C23H39Cl2N7/c1-2-29-13-7-10-18(29)15-30-21(26)31(16-8-5-3-4-6-9-16)23(28)32(22(30)27)17-11-12-19(24)20(25)14-17/h11-12,14,16,18,21-23H,2-10,13,15,26-28H2,1H3. The number of likely N-dealkylation sites (tertiary alicyclic amines) is 1. The summed E-state index contributed by atoms with van der Waals surface area (Å²) in [6.45, 7) is 5.24. The molecule has 1 aromatic carbocycles. The van der Waals surface area contributed by atoms with Gasteiger partial charge in [-0.25, -0.2) is 9.80 Å². The lowest BCUT2D eigenvalue weighted by atomic mass is 10.1. The molecule has 9 heteroatoms. The van der Waals surface area contributed by atoms with Crippen molar-refractivity contribution in [3.8, 4) is 0 Å². The molecule has 1 aromatic rings. The minimum Gasteiger partial charge on any atom is -0.315 e. The van der Waals surface area contributed by atoms with Gasteiger partial charge >= 0.3 is 0 Å². The van der Waals surface area contributed by atoms with E-state index in [0.29, 0.717) is 22.1 Å². The van der Waals surface area contributed by atoms with Crippen molar-refractivity contribution in [3.63, 3.8) is 0 Å². The van der Waals surface area contributed by atoms with Crippen molar-refractivity contribution in [3.05, 3.63) is 28.2 Å². The Morgan fingerprint density at radius 2 is 1.59 bits per heavy atom. The van der Waals surface area contributed by atoms with Crippen LogP contribution < -0.4 is 22.1 Å². The molecule has 0 spiro atoms. The van der Waals surface area contributed by atoms with Gasteiger partial charge in [0.25, 0.3) is 0 Å². The lowest BCUT2D eigenvalue weighted by Crippen LogP contribution is -2.80. The van der Waals surface area contributed by atoms with Gasteiger partial charge < -0.3 is 10.6 Å². The number of halogens is 2. The van der Waals surface area contributed by atoms with E-state index in [9.17, 15) is 0 Å². The van der Waals surface area contributed by atoms with Gasteiger partial charge in [-0.2, -0.15) is 0 Å². The van der Waals surface area contributed by atoms with E-state index in [4.69, 9.17) is 40.4 Å². The number of hydrogen-bond acceptors (Lipinski definition) is 7. The van der Waals surface area contributed by atoms with Crippen LogP contribution in [0.25, 0.3) is 0 Å². The molecule has 1 saturated carbocycles. The van der Waals surface area contributed by atoms with Crippen LogP contribution in [0.5, 0.6) is 0 Å². The van der Waals surface area contributed by atoms with Crippen LogP contribution in [0.3, 0.4) is 0 Å². The summed E-state index contributed by atoms with van der Waals surface area (Å²) >= 11 is 12.6. The summed E-state index contributed by atoms with van der Waals surface area (Å²) < 4.78 is 0. The fourth-order valence-electron chi connectivity index (χ4n) is 5.86. The van der Waals surface area contributed by atoms with Crippen molar-refractivity contribution in [2.75, 3.05) is 24.5 Å². The van der Waals surface area contributed by atoms with E-state index in [1.165, 1.54) is 38.5 Å². The molecular weight excluding hydrogens is 445 g/mol. The number of benzene rings is 1. The molecule has 0 bridgehead atoms. The van der Waals surface area contributed by atoms with E-state index in [2.05, 4.69) is 26.5 Å². The number of nitrogens with two attached hydrogens (primary N) is 3. The van der Waals surface area contributed by atoms with Crippen LogP contribution in [0, 0.1) is 0 Å². The lowest BCUT2D eigenvalue weighted by Gasteiger charge is -2.57. The van der Waals surface area contributed by atoms with Gasteiger partial charge in [-0.1, -0.05) is 55.8 Å². The zero-order valence-corrected chi connectivity index (χ0v) is 20.7. The van der Waals surface area contributed by atoms with Gasteiger partial charge in [-0.3, -0.25) is 16.4 Å². The van der Waals surface area contributed by atoms with Crippen LogP contribution in [0.2, 0.25) is 10.0 Å². The molecular formula is C23H39Cl2N7. The Hall–Kier alpha value is -0.640. The van der Waals surface area contributed by atoms with E-state index >= 15 is 0 Å². The number of likely N-dealkylation sites (N-methyl/N-ethyl adjacent to an activating group) is 1. The molecule has 6 N–H and O–H groups in total. The van der Waals surface area contributed by atoms with E-state index in [1.54, 1.807) is 0 Å². The third-order valence-electron chi connectivity index (χ3n) is 7.64. The average molecular weight is 485 g/mol. The SMILES string of the molecule is CCN1CCCC1CN1C(N)N(c2ccc(Cl)c(Cl)c2)C(N)N(C2CCCCCC2)C1N. The molecule has 2 aliphatic heterocycles. The first-order valence-corrected chi connectivity index (χ1v) is 12.9. The van der Waals surface area contributed by atoms with Gasteiger partial charge in [0.2, 0.25) is 0 Å². The highest BCUT2D eigenvalue weighted by atomic mass is 35.5. The van der Waals surface area contributed by atoms with Crippen molar-refractivity contribution in [2.24, 2.45) is 17.2 Å². The second kappa shape index (κ2) is 10.7. The first-order valence-electron chi connectivity index (χ1n) is 12.2. The summed E-state index contributed by atoms with van der Waals surface area (Å²) in [6.07, 6.45) is 8.42. The highest BCUT2D eigenvalue weighted by molar-refractivity contribution is 6.42. The second-order valence-electron chi connectivity index (χ2n) is 9.46. The Kier molecular flexibility index (Phi) is 8.22. The molecule has 4 unspecified atom stereocenters. The topological polar surface area (TPSA) is 91.0 Å². The zero-order chi connectivity index (χ0) is 22.8. The molecule has 1 aliphatic carbocycles. The van der Waals surface area contributed by atoms with Gasteiger partial charge in [0.05, 0.1) is 10.0 Å². The van der Waals surface area contributed by atoms with E-state index < -0.39 is 12.6 Å². The van der Waals surface area contributed by atoms with Crippen LogP contribution >= 0.6 is 23.2 Å². The molecule has 4 atom stereocenters. The first kappa shape index (κ1) is 24.5. The molecule has 7 nitrogen and oxygen atoms in total. The molecule has 2 saturated heterocycles. The van der Waals surface area contributed by atoms with Gasteiger partial charge in [-0.05, 0) is 57.0 Å². The molecule has 2 heterocycles. The Labute approximate surface area is 202 Å². The maximum absolute atomic E-state index is 6.94. The maximum atomic E-state index is 6.94. The highest BCUT2D eigenvalue weighted by Gasteiger charge is 2.46. The van der Waals surface area contributed by atoms with Crippen LogP contribution in [0.4, 0.5) is 5.69 Å². The van der Waals surface area contributed by atoms with E-state index in [0.717, 1.165) is 38.2 Å². The monoisotopic (exact) mass is 483 g/mol. The fourth-order valence-corrected chi connectivity index (χ4v) is 6.15. The predicted octanol–water partition coefficient (Wildman–Crippen LogP) is 3.35. The molecule has 0 radical (unpaired) electrons. The van der Waals surface area contributed by atoms with Crippen LogP contribution in [0.15, 0.2) is 18.2 Å². The summed E-state index contributed by atoms with van der Waals surface area (Å²) in [4.78, 5) is 9.12. The Balaban J connectivity index is 1.67. The van der Waals surface area contributed by atoms with Crippen LogP contribution in [0.1, 0.15) is 58.3 Å². The minimum absolute atomic E-state index is 0.318. The summed E-state index contributed by atoms with van der Waals surface area (Å²) in [7, 11) is 0. The predicted molar refractivity (Wildman–Crippen MR) is 133 cm³/mol. The van der Waals surface area contributed by atoms with Crippen LogP contribution in [-0.4, -0.2) is 65.3 Å². The third kappa shape index (κ3) is 4.91. The van der Waals surface area contributed by atoms with Crippen molar-refractivity contribution in [1.82, 2.24) is 14.7 Å². The average Bonchev–Trinajstić information content (AvgIpc) is 3.06. The second-order valence-corrected chi connectivity index (χ2v) is 10.3. The normalized spacial score (nSPS) is 31.9. The van der Waals surface area contributed by atoms with Gasteiger partial charge in [0.1, 0.15) is 18.9 Å². The molecule has 180 valence electrons. The van der Waals surface area contributed by atoms with Crippen molar-refractivity contribution >= 4 is 28.9 Å². The van der Waals surface area contributed by atoms with Crippen molar-refractivity contribution in [1.29, 1.82) is 0 Å². The zero-order valence-electron chi connectivity index (χ0n) is 19.2. The first-order chi connectivity index (χ1) is 15.4. The smallest absolute Gasteiger partial charge is 0.139 e. The molecule has 3 fully saturated rings. The fraction of sp³-hybridized carbons (Fsp3) is 0.739. The number of rotatable bonds is 5. The third-order valence-corrected chi connectivity index (χ3v) is 8.37. The summed E-state index contributed by atoms with van der Waals surface area (Å²) in [5.74, 6) is 0. The minimum atomic E-state index is -0.446. The molecule has 32 heavy (non-hydrogen) atoms. The molecule has 4 rings (SSSR count). The Morgan fingerprint density at radius 1 is 0.875 bits per heavy atom. The van der Waals surface area contributed by atoms with Crippen LogP contribution in [-0.2, 0) is 0 Å². The van der Waals surface area contributed by atoms with Crippen molar-refractivity contribution in [2.45, 2.75) is 89.2 Å². The van der Waals surface area contributed by atoms with Crippen molar-refractivity contribution < 1.29 is 0 Å².